The number of thiol groups is 1. The van der Waals surface area contributed by atoms with Gasteiger partial charge in [-0.1, -0.05) is 18.9 Å². The summed E-state index contributed by atoms with van der Waals surface area (Å²) >= 11 is 4.35. The van der Waals surface area contributed by atoms with E-state index in [0.29, 0.717) is 11.3 Å². The zero-order valence-corrected chi connectivity index (χ0v) is 13.2. The van der Waals surface area contributed by atoms with E-state index in [1.54, 1.807) is 13.2 Å². The van der Waals surface area contributed by atoms with Gasteiger partial charge in [-0.25, -0.2) is 0 Å². The summed E-state index contributed by atoms with van der Waals surface area (Å²) < 4.78 is 7.18. The van der Waals surface area contributed by atoms with Crippen LogP contribution in [0.2, 0.25) is 0 Å². The standard InChI is InChI=1S/C15H22N2O2S/c1-11-4-5-12(19-3)10-13(11)14(18)16-15(2)6-8-17(20)9-7-15/h4-5,10,20H,6-9H2,1-3H3,(H,16,18). The smallest absolute Gasteiger partial charge is 0.252 e. The lowest BCUT2D eigenvalue weighted by Crippen LogP contribution is -2.51. The summed E-state index contributed by atoms with van der Waals surface area (Å²) in [6.45, 7) is 5.81. The van der Waals surface area contributed by atoms with Gasteiger partial charge in [0.25, 0.3) is 5.91 Å². The number of carbonyl (C=O) groups excluding carboxylic acids is 1. The molecule has 0 radical (unpaired) electrons. The molecule has 0 unspecified atom stereocenters. The van der Waals surface area contributed by atoms with Gasteiger partial charge in [0.15, 0.2) is 0 Å². The fourth-order valence-electron chi connectivity index (χ4n) is 2.43. The lowest BCUT2D eigenvalue weighted by Gasteiger charge is -2.38. The van der Waals surface area contributed by atoms with Crippen LogP contribution >= 0.6 is 12.8 Å². The molecule has 1 N–H and O–H groups in total. The molecule has 1 saturated heterocycles. The molecule has 0 aliphatic carbocycles. The van der Waals surface area contributed by atoms with E-state index in [-0.39, 0.29) is 11.4 Å². The van der Waals surface area contributed by atoms with Crippen LogP contribution in [0.5, 0.6) is 5.75 Å². The number of methoxy groups -OCH3 is 1. The zero-order chi connectivity index (χ0) is 14.8. The molecule has 0 aromatic heterocycles. The molecule has 1 aliphatic heterocycles. The fourth-order valence-corrected chi connectivity index (χ4v) is 2.63. The SMILES string of the molecule is COc1ccc(C)c(C(=O)NC2(C)CCN(S)CC2)c1. The van der Waals surface area contributed by atoms with E-state index in [1.165, 1.54) is 0 Å². The molecule has 1 amide bonds. The lowest BCUT2D eigenvalue weighted by atomic mass is 9.90. The van der Waals surface area contributed by atoms with Crippen LogP contribution in [0, 0.1) is 6.92 Å². The highest BCUT2D eigenvalue weighted by molar-refractivity contribution is 7.77. The molecule has 1 heterocycles. The summed E-state index contributed by atoms with van der Waals surface area (Å²) in [4.78, 5) is 12.5. The van der Waals surface area contributed by atoms with Crippen LogP contribution in [0.25, 0.3) is 0 Å². The van der Waals surface area contributed by atoms with Crippen LogP contribution in [-0.4, -0.2) is 36.0 Å². The lowest BCUT2D eigenvalue weighted by molar-refractivity contribution is 0.0873. The Morgan fingerprint density at radius 3 is 2.65 bits per heavy atom. The molecule has 0 saturated carbocycles. The summed E-state index contributed by atoms with van der Waals surface area (Å²) in [7, 11) is 1.61. The van der Waals surface area contributed by atoms with Crippen molar-refractivity contribution in [1.82, 2.24) is 9.62 Å². The van der Waals surface area contributed by atoms with Gasteiger partial charge in [0, 0.05) is 24.2 Å². The van der Waals surface area contributed by atoms with Crippen molar-refractivity contribution in [2.24, 2.45) is 0 Å². The van der Waals surface area contributed by atoms with Crippen LogP contribution < -0.4 is 10.1 Å². The Balaban J connectivity index is 2.12. The monoisotopic (exact) mass is 294 g/mol. The third-order valence-corrected chi connectivity index (χ3v) is 4.35. The minimum Gasteiger partial charge on any atom is -0.497 e. The van der Waals surface area contributed by atoms with Gasteiger partial charge in [0.05, 0.1) is 7.11 Å². The van der Waals surface area contributed by atoms with Gasteiger partial charge in [-0.2, -0.15) is 0 Å². The first kappa shape index (κ1) is 15.2. The highest BCUT2D eigenvalue weighted by atomic mass is 32.1. The quantitative estimate of drug-likeness (QED) is 0.841. The van der Waals surface area contributed by atoms with Crippen molar-refractivity contribution in [1.29, 1.82) is 0 Å². The molecule has 4 nitrogen and oxygen atoms in total. The second-order valence-electron chi connectivity index (χ2n) is 5.65. The molecule has 5 heteroatoms. The number of aryl methyl sites for hydroxylation is 1. The average Bonchev–Trinajstić information content (AvgIpc) is 2.43. The second-order valence-corrected chi connectivity index (χ2v) is 6.21. The number of hydrogen-bond donors (Lipinski definition) is 2. The molecule has 1 fully saturated rings. The van der Waals surface area contributed by atoms with E-state index in [9.17, 15) is 4.79 Å². The maximum atomic E-state index is 12.5. The molecule has 0 bridgehead atoms. The van der Waals surface area contributed by atoms with Crippen molar-refractivity contribution in [2.75, 3.05) is 20.2 Å². The van der Waals surface area contributed by atoms with E-state index in [0.717, 1.165) is 31.5 Å². The minimum absolute atomic E-state index is 0.0310. The first-order chi connectivity index (χ1) is 9.43. The minimum atomic E-state index is -0.161. The summed E-state index contributed by atoms with van der Waals surface area (Å²) in [6, 6.07) is 5.57. The van der Waals surface area contributed by atoms with Gasteiger partial charge in [0.1, 0.15) is 5.75 Å². The Bertz CT molecular complexity index is 497. The third-order valence-electron chi connectivity index (χ3n) is 3.95. The van der Waals surface area contributed by atoms with Gasteiger partial charge in [-0.05, 0) is 44.4 Å². The second kappa shape index (κ2) is 6.06. The average molecular weight is 294 g/mol. The third kappa shape index (κ3) is 3.46. The van der Waals surface area contributed by atoms with Gasteiger partial charge in [0.2, 0.25) is 0 Å². The Hall–Kier alpha value is -1.20. The maximum Gasteiger partial charge on any atom is 0.252 e. The molecule has 1 aromatic carbocycles. The molecule has 2 rings (SSSR count). The van der Waals surface area contributed by atoms with Crippen molar-refractivity contribution < 1.29 is 9.53 Å². The van der Waals surface area contributed by atoms with Gasteiger partial charge in [-0.15, -0.1) is 0 Å². The summed E-state index contributed by atoms with van der Waals surface area (Å²) in [5.74, 6) is 0.674. The largest absolute Gasteiger partial charge is 0.497 e. The highest BCUT2D eigenvalue weighted by Crippen LogP contribution is 2.24. The van der Waals surface area contributed by atoms with Crippen LogP contribution in [0.4, 0.5) is 0 Å². The van der Waals surface area contributed by atoms with Crippen molar-refractivity contribution in [3.8, 4) is 5.75 Å². The molecule has 110 valence electrons. The number of benzene rings is 1. The predicted molar refractivity (Wildman–Crippen MR) is 83.4 cm³/mol. The molecule has 0 atom stereocenters. The number of rotatable bonds is 3. The van der Waals surface area contributed by atoms with Gasteiger partial charge >= 0.3 is 0 Å². The number of amides is 1. The fraction of sp³-hybridized carbons (Fsp3) is 0.533. The molecular formula is C15H22N2O2S. The van der Waals surface area contributed by atoms with E-state index < -0.39 is 0 Å². The normalized spacial score (nSPS) is 18.6. The van der Waals surface area contributed by atoms with E-state index in [1.807, 2.05) is 23.4 Å². The van der Waals surface area contributed by atoms with Crippen LogP contribution in [-0.2, 0) is 0 Å². The van der Waals surface area contributed by atoms with Gasteiger partial charge < -0.3 is 10.1 Å². The Morgan fingerprint density at radius 1 is 1.40 bits per heavy atom. The predicted octanol–water partition coefficient (Wildman–Crippen LogP) is 2.43. The topological polar surface area (TPSA) is 41.6 Å². The molecular weight excluding hydrogens is 272 g/mol. The summed E-state index contributed by atoms with van der Waals surface area (Å²) in [5.41, 5.74) is 1.48. The number of nitrogens with zero attached hydrogens (tertiary/aromatic N) is 1. The van der Waals surface area contributed by atoms with Crippen LogP contribution in [0.1, 0.15) is 35.7 Å². The first-order valence-electron chi connectivity index (χ1n) is 6.84. The zero-order valence-electron chi connectivity index (χ0n) is 12.3. The van der Waals surface area contributed by atoms with E-state index in [2.05, 4.69) is 25.1 Å². The molecule has 1 aliphatic rings. The number of carbonyl (C=O) groups is 1. The number of piperidine rings is 1. The summed E-state index contributed by atoms with van der Waals surface area (Å²) in [6.07, 6.45) is 1.82. The maximum absolute atomic E-state index is 12.5. The molecule has 1 aromatic rings. The van der Waals surface area contributed by atoms with Crippen molar-refractivity contribution in [3.05, 3.63) is 29.3 Å². The van der Waals surface area contributed by atoms with E-state index in [4.69, 9.17) is 4.74 Å². The van der Waals surface area contributed by atoms with Crippen molar-refractivity contribution >= 4 is 18.7 Å². The van der Waals surface area contributed by atoms with E-state index >= 15 is 0 Å². The van der Waals surface area contributed by atoms with Crippen molar-refractivity contribution in [3.63, 3.8) is 0 Å². The number of hydrogen-bond acceptors (Lipinski definition) is 4. The number of nitrogens with one attached hydrogen (secondary N) is 1. The van der Waals surface area contributed by atoms with Crippen LogP contribution in [0.3, 0.4) is 0 Å². The van der Waals surface area contributed by atoms with Crippen LogP contribution in [0.15, 0.2) is 18.2 Å². The Kier molecular flexibility index (Phi) is 4.60. The van der Waals surface area contributed by atoms with Crippen molar-refractivity contribution in [2.45, 2.75) is 32.2 Å². The first-order valence-corrected chi connectivity index (χ1v) is 7.24. The Morgan fingerprint density at radius 2 is 2.05 bits per heavy atom. The molecule has 20 heavy (non-hydrogen) atoms. The number of ether oxygens (including phenoxy) is 1. The summed E-state index contributed by atoms with van der Waals surface area (Å²) in [5, 5.41) is 3.17. The molecule has 0 spiro atoms. The van der Waals surface area contributed by atoms with Gasteiger partial charge in [-0.3, -0.25) is 9.10 Å². The Labute approximate surface area is 126 Å². The highest BCUT2D eigenvalue weighted by Gasteiger charge is 2.31.